The molecule has 0 aliphatic heterocycles. The zero-order valence-electron chi connectivity index (χ0n) is 14.5. The molecule has 2 aromatic rings. The summed E-state index contributed by atoms with van der Waals surface area (Å²) in [6, 6.07) is 2.98. The number of alkyl halides is 3. The Morgan fingerprint density at radius 1 is 1.11 bits per heavy atom. The van der Waals surface area contributed by atoms with Gasteiger partial charge in [-0.1, -0.05) is 0 Å². The van der Waals surface area contributed by atoms with Crippen LogP contribution in [0, 0.1) is 12.7 Å². The van der Waals surface area contributed by atoms with Gasteiger partial charge in [0.25, 0.3) is 0 Å². The third kappa shape index (κ3) is 6.06. The lowest BCUT2D eigenvalue weighted by Gasteiger charge is -2.12. The van der Waals surface area contributed by atoms with Gasteiger partial charge >= 0.3 is 12.2 Å². The van der Waals surface area contributed by atoms with E-state index in [0.29, 0.717) is 36.7 Å². The number of benzene rings is 1. The maximum absolute atomic E-state index is 13.3. The van der Waals surface area contributed by atoms with Crippen molar-refractivity contribution in [1.82, 2.24) is 15.3 Å². The molecule has 0 atom stereocenters. The molecule has 0 spiro atoms. The average molecular weight is 386 g/mol. The van der Waals surface area contributed by atoms with Gasteiger partial charge < -0.3 is 16.0 Å². The van der Waals surface area contributed by atoms with Gasteiger partial charge in [0.1, 0.15) is 11.6 Å². The van der Waals surface area contributed by atoms with E-state index < -0.39 is 23.6 Å². The number of urea groups is 1. The smallest absolute Gasteiger partial charge is 0.369 e. The largest absolute Gasteiger partial charge is 0.419 e. The second kappa shape index (κ2) is 8.62. The molecular weight excluding hydrogens is 368 g/mol. The van der Waals surface area contributed by atoms with Crippen molar-refractivity contribution in [3.8, 4) is 0 Å². The molecule has 0 saturated carbocycles. The van der Waals surface area contributed by atoms with Gasteiger partial charge in [-0.15, -0.1) is 0 Å². The average Bonchev–Trinajstić information content (AvgIpc) is 2.55. The first-order valence-electron chi connectivity index (χ1n) is 7.88. The maximum atomic E-state index is 13.3. The first-order chi connectivity index (χ1) is 12.7. The van der Waals surface area contributed by atoms with Crippen LogP contribution in [0.2, 0.25) is 0 Å². The lowest BCUT2D eigenvalue weighted by Crippen LogP contribution is -2.22. The fourth-order valence-corrected chi connectivity index (χ4v) is 2.11. The molecule has 0 unspecified atom stereocenters. The monoisotopic (exact) mass is 386 g/mol. The Bertz CT molecular complexity index is 812. The van der Waals surface area contributed by atoms with Crippen LogP contribution in [-0.4, -0.2) is 36.1 Å². The van der Waals surface area contributed by atoms with Crippen molar-refractivity contribution in [2.24, 2.45) is 0 Å². The molecule has 0 saturated heterocycles. The Morgan fingerprint density at radius 2 is 1.85 bits per heavy atom. The van der Waals surface area contributed by atoms with Gasteiger partial charge in [-0.3, -0.25) is 5.32 Å². The van der Waals surface area contributed by atoms with E-state index in [4.69, 9.17) is 0 Å². The predicted molar refractivity (Wildman–Crippen MR) is 93.2 cm³/mol. The molecule has 0 aliphatic carbocycles. The minimum Gasteiger partial charge on any atom is -0.369 e. The van der Waals surface area contributed by atoms with Crippen LogP contribution < -0.4 is 21.3 Å². The molecular formula is C16H18F4N6O. The van der Waals surface area contributed by atoms with Gasteiger partial charge in [0.15, 0.2) is 0 Å². The number of amides is 2. The number of carbonyl (C=O) groups excluding carboxylic acids is 1. The van der Waals surface area contributed by atoms with Crippen LogP contribution in [-0.2, 0) is 6.18 Å². The second-order valence-corrected chi connectivity index (χ2v) is 5.52. The number of aryl methyl sites for hydroxylation is 1. The molecule has 27 heavy (non-hydrogen) atoms. The maximum Gasteiger partial charge on any atom is 0.419 e. The van der Waals surface area contributed by atoms with Crippen LogP contribution in [0.1, 0.15) is 11.3 Å². The van der Waals surface area contributed by atoms with Gasteiger partial charge in [-0.2, -0.15) is 18.2 Å². The van der Waals surface area contributed by atoms with E-state index in [0.717, 1.165) is 6.07 Å². The van der Waals surface area contributed by atoms with E-state index in [2.05, 4.69) is 31.2 Å². The number of hydrogen-bond donors (Lipinski definition) is 4. The predicted octanol–water partition coefficient (Wildman–Crippen LogP) is 3.22. The van der Waals surface area contributed by atoms with Crippen molar-refractivity contribution in [2.75, 3.05) is 36.1 Å². The summed E-state index contributed by atoms with van der Waals surface area (Å²) in [5.41, 5.74) is -1.11. The minimum atomic E-state index is -4.87. The minimum absolute atomic E-state index is 0.0300. The van der Waals surface area contributed by atoms with Crippen LogP contribution in [0.5, 0.6) is 0 Å². The highest BCUT2D eigenvalue weighted by molar-refractivity contribution is 5.98. The van der Waals surface area contributed by atoms with Crippen molar-refractivity contribution in [3.05, 3.63) is 41.3 Å². The molecule has 0 fully saturated rings. The quantitative estimate of drug-likeness (QED) is 0.452. The highest BCUT2D eigenvalue weighted by Crippen LogP contribution is 2.33. The van der Waals surface area contributed by atoms with Crippen LogP contribution >= 0.6 is 0 Å². The molecule has 1 aromatic carbocycles. The molecule has 0 bridgehead atoms. The molecule has 2 amide bonds. The lowest BCUT2D eigenvalue weighted by molar-refractivity contribution is -0.139. The SMILES string of the molecule is CNCCNc1cc(C)nc(NC(=O)Nc2ccc(F)c(C(F)(F)F)c2)n1. The number of nitrogens with one attached hydrogen (secondary N) is 4. The molecule has 4 N–H and O–H groups in total. The number of carbonyl (C=O) groups is 1. The van der Waals surface area contributed by atoms with Crippen molar-refractivity contribution < 1.29 is 22.4 Å². The highest BCUT2D eigenvalue weighted by atomic mass is 19.4. The summed E-state index contributed by atoms with van der Waals surface area (Å²) in [7, 11) is 1.80. The van der Waals surface area contributed by atoms with E-state index >= 15 is 0 Å². The number of rotatable bonds is 6. The van der Waals surface area contributed by atoms with Gasteiger partial charge in [0.2, 0.25) is 5.95 Å². The Balaban J connectivity index is 2.08. The fourth-order valence-electron chi connectivity index (χ4n) is 2.11. The summed E-state index contributed by atoms with van der Waals surface area (Å²) in [5, 5.41) is 10.5. The molecule has 0 aliphatic rings. The van der Waals surface area contributed by atoms with Crippen molar-refractivity contribution in [1.29, 1.82) is 0 Å². The van der Waals surface area contributed by atoms with Gasteiger partial charge in [0.05, 0.1) is 5.56 Å². The molecule has 1 heterocycles. The molecule has 11 heteroatoms. The number of hydrogen-bond acceptors (Lipinski definition) is 5. The van der Waals surface area contributed by atoms with Gasteiger partial charge in [-0.05, 0) is 32.2 Å². The summed E-state index contributed by atoms with van der Waals surface area (Å²) in [6.45, 7) is 2.98. The van der Waals surface area contributed by atoms with Crippen molar-refractivity contribution in [3.63, 3.8) is 0 Å². The Kier molecular flexibility index (Phi) is 6.50. The van der Waals surface area contributed by atoms with Crippen LogP contribution in [0.25, 0.3) is 0 Å². The van der Waals surface area contributed by atoms with Crippen LogP contribution in [0.15, 0.2) is 24.3 Å². The van der Waals surface area contributed by atoms with E-state index in [-0.39, 0.29) is 11.6 Å². The van der Waals surface area contributed by atoms with E-state index in [1.54, 1.807) is 20.0 Å². The standard InChI is InChI=1S/C16H18F4N6O/c1-9-7-13(22-6-5-21-2)25-14(23-9)26-15(27)24-10-3-4-12(17)11(8-10)16(18,19)20/h3-4,7-8,21H,5-6H2,1-2H3,(H3,22,23,24,25,26,27). The molecule has 1 aromatic heterocycles. The van der Waals surface area contributed by atoms with Crippen LogP contribution in [0.3, 0.4) is 0 Å². The first kappa shape index (κ1) is 20.4. The Labute approximate surface area is 152 Å². The van der Waals surface area contributed by atoms with E-state index in [9.17, 15) is 22.4 Å². The normalized spacial score (nSPS) is 11.2. The highest BCUT2D eigenvalue weighted by Gasteiger charge is 2.34. The number of nitrogens with zero attached hydrogens (tertiary/aromatic N) is 2. The third-order valence-corrected chi connectivity index (χ3v) is 3.29. The molecule has 7 nitrogen and oxygen atoms in total. The van der Waals surface area contributed by atoms with Crippen LogP contribution in [0.4, 0.5) is 39.8 Å². The van der Waals surface area contributed by atoms with Gasteiger partial charge in [0, 0.05) is 30.5 Å². The fraction of sp³-hybridized carbons (Fsp3) is 0.312. The number of halogens is 4. The van der Waals surface area contributed by atoms with E-state index in [1.165, 1.54) is 0 Å². The first-order valence-corrected chi connectivity index (χ1v) is 7.88. The Hall–Kier alpha value is -2.95. The third-order valence-electron chi connectivity index (χ3n) is 3.29. The molecule has 2 rings (SSSR count). The number of likely N-dealkylation sites (N-methyl/N-ethyl adjacent to an activating group) is 1. The Morgan fingerprint density at radius 3 is 2.52 bits per heavy atom. The van der Waals surface area contributed by atoms with E-state index in [1.807, 2.05) is 0 Å². The number of aromatic nitrogens is 2. The summed E-state index contributed by atoms with van der Waals surface area (Å²) in [5.74, 6) is -0.973. The zero-order valence-corrected chi connectivity index (χ0v) is 14.5. The lowest BCUT2D eigenvalue weighted by atomic mass is 10.2. The summed E-state index contributed by atoms with van der Waals surface area (Å²) in [4.78, 5) is 20.1. The molecule has 146 valence electrons. The second-order valence-electron chi connectivity index (χ2n) is 5.52. The van der Waals surface area contributed by atoms with Crippen molar-refractivity contribution >= 4 is 23.5 Å². The van der Waals surface area contributed by atoms with Gasteiger partial charge in [-0.25, -0.2) is 14.2 Å². The summed E-state index contributed by atoms with van der Waals surface area (Å²) >= 11 is 0. The zero-order chi connectivity index (χ0) is 20.0. The number of anilines is 3. The van der Waals surface area contributed by atoms with Crippen molar-refractivity contribution in [2.45, 2.75) is 13.1 Å². The summed E-state index contributed by atoms with van der Waals surface area (Å²) in [6.07, 6.45) is -4.87. The molecule has 0 radical (unpaired) electrons. The summed E-state index contributed by atoms with van der Waals surface area (Å²) < 4.78 is 51.5. The topological polar surface area (TPSA) is 91.0 Å².